The molecule has 2 heterocycles. The Bertz CT molecular complexity index is 1100. The summed E-state index contributed by atoms with van der Waals surface area (Å²) in [4.78, 5) is 0.169. The van der Waals surface area contributed by atoms with Crippen LogP contribution in [-0.4, -0.2) is 23.2 Å². The highest BCUT2D eigenvalue weighted by Crippen LogP contribution is 2.34. The van der Waals surface area contributed by atoms with E-state index in [-0.39, 0.29) is 10.8 Å². The molecule has 0 atom stereocenters. The third kappa shape index (κ3) is 3.10. The van der Waals surface area contributed by atoms with Gasteiger partial charge in [0.1, 0.15) is 10.6 Å². The fourth-order valence-corrected chi connectivity index (χ4v) is 4.87. The quantitative estimate of drug-likeness (QED) is 0.727. The van der Waals surface area contributed by atoms with E-state index in [1.807, 2.05) is 6.92 Å². The summed E-state index contributed by atoms with van der Waals surface area (Å²) in [5.74, 6) is 0.688. The molecule has 26 heavy (non-hydrogen) atoms. The molecule has 0 fully saturated rings. The number of nitrogens with zero attached hydrogens (tertiary/aromatic N) is 3. The molecule has 0 spiro atoms. The first-order chi connectivity index (χ1) is 12.1. The maximum Gasteiger partial charge on any atom is 0.264 e. The molecule has 0 aliphatic carbocycles. The number of aryl methyl sites for hydroxylation is 2. The molecule has 0 aliphatic heterocycles. The minimum Gasteiger partial charge on any atom is -0.420 e. The molecule has 0 bridgehead atoms. The molecule has 0 saturated carbocycles. The Kier molecular flexibility index (Phi) is 4.58. The average molecular weight is 395 g/mol. The van der Waals surface area contributed by atoms with Crippen LogP contribution in [0.15, 0.2) is 27.5 Å². The molecular weight excluding hydrogens is 376 g/mol. The Morgan fingerprint density at radius 2 is 1.85 bits per heavy atom. The van der Waals surface area contributed by atoms with Crippen LogP contribution in [-0.2, 0) is 17.1 Å². The minimum absolute atomic E-state index is 0.169. The highest BCUT2D eigenvalue weighted by molar-refractivity contribution is 7.92. The highest BCUT2D eigenvalue weighted by atomic mass is 35.5. The molecule has 0 aliphatic rings. The lowest BCUT2D eigenvalue weighted by atomic mass is 10.2. The molecule has 3 aromatic rings. The second-order valence-electron chi connectivity index (χ2n) is 6.16. The van der Waals surface area contributed by atoms with E-state index in [9.17, 15) is 8.42 Å². The van der Waals surface area contributed by atoms with Crippen molar-refractivity contribution in [2.24, 2.45) is 7.05 Å². The smallest absolute Gasteiger partial charge is 0.264 e. The molecule has 7 nitrogen and oxygen atoms in total. The molecule has 0 radical (unpaired) electrons. The van der Waals surface area contributed by atoms with Crippen molar-refractivity contribution in [3.05, 3.63) is 45.9 Å². The summed E-state index contributed by atoms with van der Waals surface area (Å²) >= 11 is 6.17. The molecule has 0 amide bonds. The second-order valence-corrected chi connectivity index (χ2v) is 8.19. The van der Waals surface area contributed by atoms with Crippen molar-refractivity contribution in [1.29, 1.82) is 0 Å². The Morgan fingerprint density at radius 3 is 2.42 bits per heavy atom. The van der Waals surface area contributed by atoms with Crippen LogP contribution in [0.4, 0.5) is 5.69 Å². The molecule has 1 aromatic carbocycles. The molecule has 2 aromatic heterocycles. The van der Waals surface area contributed by atoms with Crippen molar-refractivity contribution >= 4 is 27.3 Å². The van der Waals surface area contributed by atoms with Crippen molar-refractivity contribution in [1.82, 2.24) is 14.8 Å². The number of hydrogen-bond acceptors (Lipinski definition) is 5. The van der Waals surface area contributed by atoms with Gasteiger partial charge in [-0.1, -0.05) is 17.7 Å². The van der Waals surface area contributed by atoms with Crippen LogP contribution in [0.25, 0.3) is 11.6 Å². The Hall–Kier alpha value is -2.32. The van der Waals surface area contributed by atoms with Gasteiger partial charge in [-0.15, -0.1) is 10.2 Å². The maximum absolute atomic E-state index is 13.0. The third-order valence-corrected chi connectivity index (χ3v) is 6.17. The molecule has 0 saturated heterocycles. The molecule has 138 valence electrons. The Labute approximate surface area is 157 Å². The van der Waals surface area contributed by atoms with Crippen molar-refractivity contribution in [2.75, 3.05) is 4.72 Å². The summed E-state index contributed by atoms with van der Waals surface area (Å²) in [6.45, 7) is 7.01. The predicted octanol–water partition coefficient (Wildman–Crippen LogP) is 3.76. The first kappa shape index (κ1) is 18.5. The maximum atomic E-state index is 13.0. The van der Waals surface area contributed by atoms with Gasteiger partial charge in [0.25, 0.3) is 15.9 Å². The van der Waals surface area contributed by atoms with Crippen LogP contribution in [0.3, 0.4) is 0 Å². The lowest BCUT2D eigenvalue weighted by Crippen LogP contribution is -2.15. The summed E-state index contributed by atoms with van der Waals surface area (Å²) in [6.07, 6.45) is 0. The molecule has 0 unspecified atom stereocenters. The van der Waals surface area contributed by atoms with Crippen molar-refractivity contribution in [3.8, 4) is 11.6 Å². The molecule has 1 N–H and O–H groups in total. The van der Waals surface area contributed by atoms with Gasteiger partial charge in [-0.25, -0.2) is 8.42 Å². The van der Waals surface area contributed by atoms with Gasteiger partial charge in [-0.3, -0.25) is 4.72 Å². The summed E-state index contributed by atoms with van der Waals surface area (Å²) in [6, 6.07) is 5.14. The number of benzene rings is 1. The van der Waals surface area contributed by atoms with Crippen LogP contribution in [0.1, 0.15) is 22.7 Å². The van der Waals surface area contributed by atoms with Crippen molar-refractivity contribution in [3.63, 3.8) is 0 Å². The van der Waals surface area contributed by atoms with E-state index in [0.29, 0.717) is 33.6 Å². The molecule has 3 rings (SSSR count). The van der Waals surface area contributed by atoms with Gasteiger partial charge < -0.3 is 8.98 Å². The van der Waals surface area contributed by atoms with E-state index in [2.05, 4.69) is 14.9 Å². The van der Waals surface area contributed by atoms with Gasteiger partial charge in [-0.2, -0.15) is 0 Å². The molecular formula is C17H19ClN4O3S. The zero-order valence-electron chi connectivity index (χ0n) is 15.1. The van der Waals surface area contributed by atoms with Gasteiger partial charge in [0, 0.05) is 25.2 Å². The van der Waals surface area contributed by atoms with E-state index in [1.54, 1.807) is 50.6 Å². The lowest BCUT2D eigenvalue weighted by molar-refractivity contribution is 0.528. The monoisotopic (exact) mass is 394 g/mol. The normalized spacial score (nSPS) is 11.8. The zero-order chi connectivity index (χ0) is 19.2. The largest absolute Gasteiger partial charge is 0.420 e. The number of aromatic nitrogens is 3. The Morgan fingerprint density at radius 1 is 1.15 bits per heavy atom. The zero-order valence-corrected chi connectivity index (χ0v) is 16.7. The number of nitrogens with one attached hydrogen (secondary N) is 1. The molecule has 9 heteroatoms. The van der Waals surface area contributed by atoms with E-state index in [1.165, 1.54) is 0 Å². The van der Waals surface area contributed by atoms with E-state index >= 15 is 0 Å². The number of rotatable bonds is 4. The van der Waals surface area contributed by atoms with Crippen molar-refractivity contribution in [2.45, 2.75) is 32.6 Å². The van der Waals surface area contributed by atoms with Gasteiger partial charge >= 0.3 is 0 Å². The van der Waals surface area contributed by atoms with E-state index in [0.717, 1.165) is 5.56 Å². The third-order valence-electron chi connectivity index (χ3n) is 4.23. The summed E-state index contributed by atoms with van der Waals surface area (Å²) < 4.78 is 35.8. The van der Waals surface area contributed by atoms with Crippen LogP contribution in [0, 0.1) is 27.7 Å². The Balaban J connectivity index is 2.11. The van der Waals surface area contributed by atoms with Gasteiger partial charge in [-0.05, 0) is 38.5 Å². The van der Waals surface area contributed by atoms with Gasteiger partial charge in [0.05, 0.1) is 10.7 Å². The number of halogens is 1. The number of sulfonamides is 1. The first-order valence-electron chi connectivity index (χ1n) is 7.87. The lowest BCUT2D eigenvalue weighted by Gasteiger charge is -2.11. The minimum atomic E-state index is -3.86. The highest BCUT2D eigenvalue weighted by Gasteiger charge is 2.29. The number of anilines is 1. The summed E-state index contributed by atoms with van der Waals surface area (Å²) in [5.41, 5.74) is 2.93. The summed E-state index contributed by atoms with van der Waals surface area (Å²) in [5, 5.41) is 8.17. The standard InChI is InChI=1S/C17H19ClN4O3S/c1-9-6-7-14(13(18)8-9)21-26(23,24)16-10(2)15(22(5)11(16)3)17-20-19-12(4)25-17/h6-8,21H,1-5H3. The second kappa shape index (κ2) is 6.44. The van der Waals surface area contributed by atoms with Crippen LogP contribution >= 0.6 is 11.6 Å². The van der Waals surface area contributed by atoms with Gasteiger partial charge in [0.2, 0.25) is 5.89 Å². The number of hydrogen-bond donors (Lipinski definition) is 1. The topological polar surface area (TPSA) is 90.0 Å². The predicted molar refractivity (Wildman–Crippen MR) is 99.9 cm³/mol. The SMILES string of the molecule is Cc1ccc(NS(=O)(=O)c2c(C)c(-c3nnc(C)o3)n(C)c2C)c(Cl)c1. The van der Waals surface area contributed by atoms with Crippen LogP contribution in [0.2, 0.25) is 5.02 Å². The first-order valence-corrected chi connectivity index (χ1v) is 9.73. The van der Waals surface area contributed by atoms with E-state index < -0.39 is 10.0 Å². The average Bonchev–Trinajstić information content (AvgIpc) is 3.04. The fraction of sp³-hybridized carbons (Fsp3) is 0.294. The van der Waals surface area contributed by atoms with Crippen LogP contribution < -0.4 is 4.72 Å². The fourth-order valence-electron chi connectivity index (χ4n) is 2.94. The van der Waals surface area contributed by atoms with Crippen molar-refractivity contribution < 1.29 is 12.8 Å². The van der Waals surface area contributed by atoms with Crippen LogP contribution in [0.5, 0.6) is 0 Å². The summed E-state index contributed by atoms with van der Waals surface area (Å²) in [7, 11) is -2.10. The van der Waals surface area contributed by atoms with Gasteiger partial charge in [0.15, 0.2) is 0 Å². The van der Waals surface area contributed by atoms with E-state index in [4.69, 9.17) is 16.0 Å².